The van der Waals surface area contributed by atoms with Gasteiger partial charge in [0.1, 0.15) is 0 Å². The summed E-state index contributed by atoms with van der Waals surface area (Å²) >= 11 is 8.04. The van der Waals surface area contributed by atoms with Crippen molar-refractivity contribution >= 4 is 45.8 Å². The first-order valence-electron chi connectivity index (χ1n) is 6.57. The summed E-state index contributed by atoms with van der Waals surface area (Å²) in [5.41, 5.74) is 1.79. The second-order valence-corrected chi connectivity index (χ2v) is 6.23. The first-order valence-corrected chi connectivity index (χ1v) is 8.03. The van der Waals surface area contributed by atoms with E-state index in [2.05, 4.69) is 32.8 Å². The Kier molecular flexibility index (Phi) is 5.87. The van der Waals surface area contributed by atoms with E-state index < -0.39 is 0 Å². The Morgan fingerprint density at radius 1 is 1.19 bits per heavy atom. The van der Waals surface area contributed by atoms with E-state index in [1.165, 1.54) is 0 Å². The molecule has 5 heteroatoms. The lowest BCUT2D eigenvalue weighted by Gasteiger charge is -2.19. The highest BCUT2D eigenvalue weighted by Gasteiger charge is 2.08. The molecule has 0 radical (unpaired) electrons. The summed E-state index contributed by atoms with van der Waals surface area (Å²) in [6.07, 6.45) is 0. The van der Waals surface area contributed by atoms with Crippen LogP contribution >= 0.6 is 34.2 Å². The Bertz CT molecular complexity index is 616. The third-order valence-electron chi connectivity index (χ3n) is 3.12. The van der Waals surface area contributed by atoms with Crippen molar-refractivity contribution in [2.45, 2.75) is 0 Å². The highest BCUT2D eigenvalue weighted by atomic mass is 127. The average Bonchev–Trinajstić information content (AvgIpc) is 2.48. The summed E-state index contributed by atoms with van der Waals surface area (Å²) in [7, 11) is 1.99. The zero-order valence-electron chi connectivity index (χ0n) is 11.6. The fourth-order valence-corrected chi connectivity index (χ4v) is 2.66. The van der Waals surface area contributed by atoms with Gasteiger partial charge in [-0.2, -0.15) is 0 Å². The lowest BCUT2D eigenvalue weighted by atomic mass is 10.2. The third kappa shape index (κ3) is 4.61. The molecule has 0 fully saturated rings. The summed E-state index contributed by atoms with van der Waals surface area (Å²) in [4.78, 5) is 14.2. The Hall–Kier alpha value is -1.27. The highest BCUT2D eigenvalue weighted by molar-refractivity contribution is 14.1. The third-order valence-corrected chi connectivity index (χ3v) is 4.31. The zero-order chi connectivity index (χ0) is 15.2. The number of hydrogen-bond donors (Lipinski definition) is 1. The van der Waals surface area contributed by atoms with Gasteiger partial charge in [0.25, 0.3) is 5.91 Å². The molecule has 0 unspecified atom stereocenters. The van der Waals surface area contributed by atoms with E-state index in [-0.39, 0.29) is 5.91 Å². The first-order chi connectivity index (χ1) is 10.1. The number of nitrogens with one attached hydrogen (secondary N) is 1. The summed E-state index contributed by atoms with van der Waals surface area (Å²) < 4.78 is 0.957. The molecule has 1 amide bonds. The molecule has 0 saturated heterocycles. The Morgan fingerprint density at radius 2 is 1.86 bits per heavy atom. The molecule has 0 aromatic heterocycles. The minimum atomic E-state index is -0.0375. The van der Waals surface area contributed by atoms with Crippen LogP contribution in [-0.2, 0) is 0 Å². The van der Waals surface area contributed by atoms with Crippen LogP contribution in [0.5, 0.6) is 0 Å². The van der Waals surface area contributed by atoms with E-state index in [9.17, 15) is 4.79 Å². The quantitative estimate of drug-likeness (QED) is 0.755. The van der Waals surface area contributed by atoms with Crippen LogP contribution in [0, 0.1) is 3.57 Å². The van der Waals surface area contributed by atoms with E-state index in [0.717, 1.165) is 20.8 Å². The molecule has 0 bridgehead atoms. The molecular formula is C16H16ClIN2O. The van der Waals surface area contributed by atoms with Gasteiger partial charge in [0.2, 0.25) is 0 Å². The van der Waals surface area contributed by atoms with Crippen molar-refractivity contribution in [2.75, 3.05) is 25.0 Å². The molecule has 3 nitrogen and oxygen atoms in total. The van der Waals surface area contributed by atoms with Gasteiger partial charge in [-0.3, -0.25) is 4.79 Å². The molecule has 0 heterocycles. The molecule has 110 valence electrons. The standard InChI is InChI=1S/C16H16ClIN2O/c1-20(13-8-6-12(17)7-9-13)11-10-19-16(21)14-4-2-3-5-15(14)18/h2-9H,10-11H2,1H3,(H,19,21). The van der Waals surface area contributed by atoms with Crippen molar-refractivity contribution < 1.29 is 4.79 Å². The number of carbonyl (C=O) groups excluding carboxylic acids is 1. The monoisotopic (exact) mass is 414 g/mol. The second kappa shape index (κ2) is 7.66. The maximum Gasteiger partial charge on any atom is 0.252 e. The topological polar surface area (TPSA) is 32.3 Å². The summed E-state index contributed by atoms with van der Waals surface area (Å²) in [5, 5.41) is 3.66. The molecule has 0 aliphatic carbocycles. The molecule has 21 heavy (non-hydrogen) atoms. The predicted molar refractivity (Wildman–Crippen MR) is 96.2 cm³/mol. The van der Waals surface area contributed by atoms with Crippen LogP contribution in [0.25, 0.3) is 0 Å². The van der Waals surface area contributed by atoms with Crippen molar-refractivity contribution in [1.29, 1.82) is 0 Å². The first kappa shape index (κ1) is 16.1. The molecule has 2 rings (SSSR count). The zero-order valence-corrected chi connectivity index (χ0v) is 14.6. The van der Waals surface area contributed by atoms with Crippen LogP contribution in [0.3, 0.4) is 0 Å². The van der Waals surface area contributed by atoms with Gasteiger partial charge in [0, 0.05) is 34.4 Å². The SMILES string of the molecule is CN(CCNC(=O)c1ccccc1I)c1ccc(Cl)cc1. The number of hydrogen-bond acceptors (Lipinski definition) is 2. The molecule has 0 saturated carbocycles. The smallest absolute Gasteiger partial charge is 0.252 e. The number of carbonyl (C=O) groups is 1. The molecular weight excluding hydrogens is 399 g/mol. The Morgan fingerprint density at radius 3 is 2.52 bits per heavy atom. The number of nitrogens with zero attached hydrogens (tertiary/aromatic N) is 1. The second-order valence-electron chi connectivity index (χ2n) is 4.63. The van der Waals surface area contributed by atoms with Crippen molar-refractivity contribution in [3.05, 3.63) is 62.7 Å². The normalized spacial score (nSPS) is 10.2. The molecule has 0 spiro atoms. The number of halogens is 2. The lowest BCUT2D eigenvalue weighted by Crippen LogP contribution is -2.33. The fraction of sp³-hybridized carbons (Fsp3) is 0.188. The van der Waals surface area contributed by atoms with Gasteiger partial charge >= 0.3 is 0 Å². The van der Waals surface area contributed by atoms with Crippen LogP contribution in [0.4, 0.5) is 5.69 Å². The van der Waals surface area contributed by atoms with Gasteiger partial charge in [0.15, 0.2) is 0 Å². The largest absolute Gasteiger partial charge is 0.373 e. The molecule has 0 aliphatic rings. The minimum Gasteiger partial charge on any atom is -0.373 e. The van der Waals surface area contributed by atoms with E-state index in [1.807, 2.05) is 55.6 Å². The van der Waals surface area contributed by atoms with Crippen LogP contribution in [0.1, 0.15) is 10.4 Å². The van der Waals surface area contributed by atoms with Gasteiger partial charge < -0.3 is 10.2 Å². The number of rotatable bonds is 5. The van der Waals surface area contributed by atoms with Gasteiger partial charge in [-0.25, -0.2) is 0 Å². The molecule has 0 atom stereocenters. The summed E-state index contributed by atoms with van der Waals surface area (Å²) in [6.45, 7) is 1.32. The highest BCUT2D eigenvalue weighted by Crippen LogP contribution is 2.16. The number of anilines is 1. The van der Waals surface area contributed by atoms with Crippen molar-refractivity contribution in [3.63, 3.8) is 0 Å². The van der Waals surface area contributed by atoms with Gasteiger partial charge in [-0.15, -0.1) is 0 Å². The summed E-state index contributed by atoms with van der Waals surface area (Å²) in [6, 6.07) is 15.2. The van der Waals surface area contributed by atoms with Crippen LogP contribution in [-0.4, -0.2) is 26.0 Å². The van der Waals surface area contributed by atoms with Gasteiger partial charge in [0.05, 0.1) is 5.56 Å². The van der Waals surface area contributed by atoms with Crippen molar-refractivity contribution in [2.24, 2.45) is 0 Å². The molecule has 1 N–H and O–H groups in total. The Balaban J connectivity index is 1.85. The summed E-state index contributed by atoms with van der Waals surface area (Å²) in [5.74, 6) is -0.0375. The van der Waals surface area contributed by atoms with E-state index in [0.29, 0.717) is 12.1 Å². The molecule has 2 aromatic carbocycles. The van der Waals surface area contributed by atoms with Gasteiger partial charge in [-0.05, 0) is 59.0 Å². The minimum absolute atomic E-state index is 0.0375. The van der Waals surface area contributed by atoms with E-state index in [1.54, 1.807) is 0 Å². The van der Waals surface area contributed by atoms with Crippen LogP contribution < -0.4 is 10.2 Å². The van der Waals surface area contributed by atoms with E-state index in [4.69, 9.17) is 11.6 Å². The number of amides is 1. The lowest BCUT2D eigenvalue weighted by molar-refractivity contribution is 0.0954. The van der Waals surface area contributed by atoms with Gasteiger partial charge in [-0.1, -0.05) is 23.7 Å². The van der Waals surface area contributed by atoms with Crippen LogP contribution in [0.2, 0.25) is 5.02 Å². The van der Waals surface area contributed by atoms with Crippen molar-refractivity contribution in [1.82, 2.24) is 5.32 Å². The Labute approximate surface area is 143 Å². The molecule has 0 aliphatic heterocycles. The maximum atomic E-state index is 12.1. The van der Waals surface area contributed by atoms with E-state index >= 15 is 0 Å². The maximum absolute atomic E-state index is 12.1. The number of likely N-dealkylation sites (N-methyl/N-ethyl adjacent to an activating group) is 1. The fourth-order valence-electron chi connectivity index (χ4n) is 1.90. The van der Waals surface area contributed by atoms with Crippen LogP contribution in [0.15, 0.2) is 48.5 Å². The molecule has 2 aromatic rings. The van der Waals surface area contributed by atoms with Crippen molar-refractivity contribution in [3.8, 4) is 0 Å². The average molecular weight is 415 g/mol. The number of benzene rings is 2. The predicted octanol–water partition coefficient (Wildman–Crippen LogP) is 3.81.